The van der Waals surface area contributed by atoms with Crippen LogP contribution in [-0.4, -0.2) is 11.7 Å². The summed E-state index contributed by atoms with van der Waals surface area (Å²) >= 11 is 0. The lowest BCUT2D eigenvalue weighted by Crippen LogP contribution is -2.19. The average Bonchev–Trinajstić information content (AvgIpc) is 2.64. The van der Waals surface area contributed by atoms with Gasteiger partial charge in [0.25, 0.3) is 0 Å². The van der Waals surface area contributed by atoms with Crippen LogP contribution in [0.2, 0.25) is 0 Å². The summed E-state index contributed by atoms with van der Waals surface area (Å²) in [5.74, 6) is 0.921. The van der Waals surface area contributed by atoms with Gasteiger partial charge in [-0.15, -0.1) is 0 Å². The molecule has 2 N–H and O–H groups in total. The third-order valence-corrected chi connectivity index (χ3v) is 3.85. The topological polar surface area (TPSA) is 40.2 Å². The first kappa shape index (κ1) is 10.7. The van der Waals surface area contributed by atoms with Crippen LogP contribution in [0.1, 0.15) is 30.1 Å². The Morgan fingerprint density at radius 3 is 3.00 bits per heavy atom. The maximum Gasteiger partial charge on any atom is 0.119 e. The highest BCUT2D eigenvalue weighted by Gasteiger charge is 2.23. The van der Waals surface area contributed by atoms with Gasteiger partial charge in [-0.3, -0.25) is 0 Å². The van der Waals surface area contributed by atoms with Crippen molar-refractivity contribution in [3.63, 3.8) is 0 Å². The zero-order valence-corrected chi connectivity index (χ0v) is 10.4. The van der Waals surface area contributed by atoms with Gasteiger partial charge in [0.05, 0.1) is 7.11 Å². The highest BCUT2D eigenvalue weighted by atomic mass is 16.5. The first-order chi connectivity index (χ1) is 8.22. The van der Waals surface area contributed by atoms with Crippen molar-refractivity contribution in [2.45, 2.75) is 25.3 Å². The fraction of sp³-hybridized carbons (Fsp3) is 0.429. The fourth-order valence-corrected chi connectivity index (χ4v) is 3.02. The Hall–Kier alpha value is -1.48. The van der Waals surface area contributed by atoms with Gasteiger partial charge in [-0.25, -0.2) is 0 Å². The summed E-state index contributed by atoms with van der Waals surface area (Å²) < 4.78 is 7.55. The molecule has 0 fully saturated rings. The van der Waals surface area contributed by atoms with Crippen molar-refractivity contribution in [3.05, 3.63) is 29.5 Å². The van der Waals surface area contributed by atoms with Gasteiger partial charge in [0.1, 0.15) is 5.75 Å². The minimum Gasteiger partial charge on any atom is -0.497 e. The molecule has 1 heterocycles. The van der Waals surface area contributed by atoms with Gasteiger partial charge in [0.15, 0.2) is 0 Å². The predicted molar refractivity (Wildman–Crippen MR) is 69.3 cm³/mol. The largest absolute Gasteiger partial charge is 0.497 e. The van der Waals surface area contributed by atoms with E-state index in [1.54, 1.807) is 7.11 Å². The van der Waals surface area contributed by atoms with E-state index < -0.39 is 0 Å². The van der Waals surface area contributed by atoms with E-state index in [-0.39, 0.29) is 6.04 Å². The molecule has 0 spiro atoms. The number of rotatable bonds is 1. The first-order valence-corrected chi connectivity index (χ1v) is 6.13. The molecule has 1 atom stereocenters. The van der Waals surface area contributed by atoms with Gasteiger partial charge < -0.3 is 15.0 Å². The van der Waals surface area contributed by atoms with Gasteiger partial charge in [-0.1, -0.05) is 0 Å². The number of ether oxygens (including phenoxy) is 1. The first-order valence-electron chi connectivity index (χ1n) is 6.13. The molecule has 3 nitrogen and oxygen atoms in total. The van der Waals surface area contributed by atoms with Gasteiger partial charge >= 0.3 is 0 Å². The number of fused-ring (bicyclic) bond motifs is 3. The van der Waals surface area contributed by atoms with Crippen LogP contribution in [0.4, 0.5) is 0 Å². The van der Waals surface area contributed by atoms with Crippen LogP contribution >= 0.6 is 0 Å². The van der Waals surface area contributed by atoms with Crippen molar-refractivity contribution < 1.29 is 4.74 Å². The third-order valence-electron chi connectivity index (χ3n) is 3.85. The summed E-state index contributed by atoms with van der Waals surface area (Å²) in [5.41, 5.74) is 10.2. The number of nitrogens with zero attached hydrogens (tertiary/aromatic N) is 1. The number of benzene rings is 1. The molecule has 1 aliphatic rings. The molecule has 0 bridgehead atoms. The molecule has 1 unspecified atom stereocenters. The van der Waals surface area contributed by atoms with E-state index in [2.05, 4.69) is 23.7 Å². The van der Waals surface area contributed by atoms with E-state index in [9.17, 15) is 0 Å². The van der Waals surface area contributed by atoms with Crippen molar-refractivity contribution in [2.75, 3.05) is 7.11 Å². The molecule has 0 aliphatic heterocycles. The molecule has 3 rings (SSSR count). The van der Waals surface area contributed by atoms with Crippen molar-refractivity contribution in [1.82, 2.24) is 4.57 Å². The highest BCUT2D eigenvalue weighted by molar-refractivity contribution is 5.87. The van der Waals surface area contributed by atoms with Crippen molar-refractivity contribution >= 4 is 10.9 Å². The van der Waals surface area contributed by atoms with Crippen LogP contribution in [0.3, 0.4) is 0 Å². The number of nitrogens with two attached hydrogens (primary N) is 1. The highest BCUT2D eigenvalue weighted by Crippen LogP contribution is 2.36. The summed E-state index contributed by atoms with van der Waals surface area (Å²) in [6.07, 6.45) is 3.41. The van der Waals surface area contributed by atoms with Crippen LogP contribution in [-0.2, 0) is 13.5 Å². The fourth-order valence-electron chi connectivity index (χ4n) is 3.02. The lowest BCUT2D eigenvalue weighted by Gasteiger charge is -2.20. The zero-order chi connectivity index (χ0) is 12.0. The maximum absolute atomic E-state index is 6.23. The number of aromatic nitrogens is 1. The van der Waals surface area contributed by atoms with E-state index in [1.165, 1.54) is 28.6 Å². The molecule has 17 heavy (non-hydrogen) atoms. The van der Waals surface area contributed by atoms with Crippen molar-refractivity contribution in [2.24, 2.45) is 12.8 Å². The molecular weight excluding hydrogens is 212 g/mol. The minimum atomic E-state index is 0.183. The zero-order valence-electron chi connectivity index (χ0n) is 10.4. The average molecular weight is 230 g/mol. The lowest BCUT2D eigenvalue weighted by atomic mass is 9.92. The molecule has 3 heteroatoms. The molecule has 1 aromatic heterocycles. The van der Waals surface area contributed by atoms with E-state index in [4.69, 9.17) is 10.5 Å². The van der Waals surface area contributed by atoms with Crippen LogP contribution in [0, 0.1) is 0 Å². The van der Waals surface area contributed by atoms with E-state index in [1.807, 2.05) is 6.07 Å². The second kappa shape index (κ2) is 3.77. The molecular formula is C14H18N2O. The van der Waals surface area contributed by atoms with Gasteiger partial charge in [-0.05, 0) is 43.0 Å². The molecule has 1 aliphatic carbocycles. The Morgan fingerprint density at radius 1 is 1.41 bits per heavy atom. The summed E-state index contributed by atoms with van der Waals surface area (Å²) in [6, 6.07) is 6.45. The predicted octanol–water partition coefficient (Wildman–Crippen LogP) is 2.52. The monoisotopic (exact) mass is 230 g/mol. The molecule has 2 aromatic rings. The summed E-state index contributed by atoms with van der Waals surface area (Å²) in [6.45, 7) is 0. The molecule has 1 aromatic carbocycles. The summed E-state index contributed by atoms with van der Waals surface area (Å²) in [5, 5.41) is 1.30. The SMILES string of the molecule is COc1ccc2c(c1)c1c(n2C)C(N)CCC1. The van der Waals surface area contributed by atoms with Gasteiger partial charge in [0, 0.05) is 29.7 Å². The number of hydrogen-bond acceptors (Lipinski definition) is 2. The molecule has 90 valence electrons. The normalized spacial score (nSPS) is 19.4. The molecule has 0 amide bonds. The maximum atomic E-state index is 6.23. The molecule has 0 saturated heterocycles. The van der Waals surface area contributed by atoms with E-state index in [0.717, 1.165) is 18.6 Å². The summed E-state index contributed by atoms with van der Waals surface area (Å²) in [4.78, 5) is 0. The van der Waals surface area contributed by atoms with Crippen LogP contribution in [0.15, 0.2) is 18.2 Å². The lowest BCUT2D eigenvalue weighted by molar-refractivity contribution is 0.415. The van der Waals surface area contributed by atoms with Gasteiger partial charge in [0.2, 0.25) is 0 Å². The van der Waals surface area contributed by atoms with Crippen LogP contribution < -0.4 is 10.5 Å². The van der Waals surface area contributed by atoms with Crippen LogP contribution in [0.5, 0.6) is 5.75 Å². The van der Waals surface area contributed by atoms with E-state index >= 15 is 0 Å². The number of aryl methyl sites for hydroxylation is 2. The Morgan fingerprint density at radius 2 is 2.24 bits per heavy atom. The van der Waals surface area contributed by atoms with E-state index in [0.29, 0.717) is 0 Å². The second-order valence-corrected chi connectivity index (χ2v) is 4.80. The number of methoxy groups -OCH3 is 1. The Bertz CT molecular complexity index is 571. The van der Waals surface area contributed by atoms with Crippen molar-refractivity contribution in [3.8, 4) is 5.75 Å². The van der Waals surface area contributed by atoms with Crippen molar-refractivity contribution in [1.29, 1.82) is 0 Å². The second-order valence-electron chi connectivity index (χ2n) is 4.80. The van der Waals surface area contributed by atoms with Gasteiger partial charge in [-0.2, -0.15) is 0 Å². The Labute approximate surface area is 101 Å². The molecule has 0 saturated carbocycles. The third kappa shape index (κ3) is 1.46. The smallest absolute Gasteiger partial charge is 0.119 e. The van der Waals surface area contributed by atoms with Crippen LogP contribution in [0.25, 0.3) is 10.9 Å². The molecule has 0 radical (unpaired) electrons. The Kier molecular flexibility index (Phi) is 2.37. The number of hydrogen-bond donors (Lipinski definition) is 1. The minimum absolute atomic E-state index is 0.183. The summed E-state index contributed by atoms with van der Waals surface area (Å²) in [7, 11) is 3.82. The Balaban J connectivity index is 2.32. The quantitative estimate of drug-likeness (QED) is 0.817. The standard InChI is InChI=1S/C14H18N2O/c1-16-13-7-6-9(17-2)8-11(13)10-4-3-5-12(15)14(10)16/h6-8,12H,3-5,15H2,1-2H3.